The summed E-state index contributed by atoms with van der Waals surface area (Å²) < 4.78 is 11.0. The Balaban J connectivity index is 1.61. The van der Waals surface area contributed by atoms with Crippen LogP contribution in [0, 0.1) is 0 Å². The average Bonchev–Trinajstić information content (AvgIpc) is 2.79. The maximum Gasteiger partial charge on any atom is 0.226 e. The zero-order valence-corrected chi connectivity index (χ0v) is 17.8. The molecule has 156 valence electrons. The summed E-state index contributed by atoms with van der Waals surface area (Å²) in [5, 5.41) is 0. The highest BCUT2D eigenvalue weighted by Gasteiger charge is 2.28. The maximum absolute atomic E-state index is 12.6. The lowest BCUT2D eigenvalue weighted by Crippen LogP contribution is -2.47. The number of piperidine rings is 1. The Morgan fingerprint density at radius 1 is 1.00 bits per heavy atom. The first-order valence-electron chi connectivity index (χ1n) is 10.5. The van der Waals surface area contributed by atoms with Crippen LogP contribution >= 0.6 is 0 Å². The Bertz CT molecular complexity index is 764. The lowest BCUT2D eigenvalue weighted by Gasteiger charge is -2.38. The predicted octanol–water partition coefficient (Wildman–Crippen LogP) is 4.15. The summed E-state index contributed by atoms with van der Waals surface area (Å²) in [6, 6.07) is 16.3. The maximum atomic E-state index is 12.6. The summed E-state index contributed by atoms with van der Waals surface area (Å²) >= 11 is 0. The van der Waals surface area contributed by atoms with Gasteiger partial charge in [-0.15, -0.1) is 0 Å². The summed E-state index contributed by atoms with van der Waals surface area (Å²) in [7, 11) is 3.40. The Morgan fingerprint density at radius 2 is 1.62 bits per heavy atom. The van der Waals surface area contributed by atoms with E-state index >= 15 is 0 Å². The van der Waals surface area contributed by atoms with Crippen molar-refractivity contribution in [3.63, 3.8) is 0 Å². The Hall–Kier alpha value is -2.53. The van der Waals surface area contributed by atoms with Gasteiger partial charge in [-0.1, -0.05) is 31.2 Å². The Labute approximate surface area is 174 Å². The predicted molar refractivity (Wildman–Crippen MR) is 117 cm³/mol. The molecule has 3 rings (SSSR count). The highest BCUT2D eigenvalue weighted by Crippen LogP contribution is 2.30. The first-order valence-corrected chi connectivity index (χ1v) is 10.5. The molecule has 5 nitrogen and oxygen atoms in total. The SMILES string of the molecule is CCC(=O)N(c1ccccc1)C1CCN(CCc2c(OC)cccc2OC)CC1. The molecule has 0 saturated carbocycles. The van der Waals surface area contributed by atoms with E-state index in [1.165, 1.54) is 0 Å². The van der Waals surface area contributed by atoms with E-state index in [0.717, 1.165) is 61.6 Å². The van der Waals surface area contributed by atoms with Crippen LogP contribution < -0.4 is 14.4 Å². The van der Waals surface area contributed by atoms with Crippen LogP contribution in [-0.4, -0.2) is 50.7 Å². The fraction of sp³-hybridized carbons (Fsp3) is 0.458. The lowest BCUT2D eigenvalue weighted by molar-refractivity contribution is -0.119. The largest absolute Gasteiger partial charge is 0.496 e. The van der Waals surface area contributed by atoms with Gasteiger partial charge in [0.15, 0.2) is 0 Å². The summed E-state index contributed by atoms with van der Waals surface area (Å²) in [4.78, 5) is 17.1. The molecule has 0 atom stereocenters. The minimum absolute atomic E-state index is 0.202. The van der Waals surface area contributed by atoms with Crippen molar-refractivity contribution in [3.05, 3.63) is 54.1 Å². The zero-order valence-electron chi connectivity index (χ0n) is 17.8. The van der Waals surface area contributed by atoms with Crippen molar-refractivity contribution in [1.29, 1.82) is 0 Å². The molecular formula is C24H32N2O3. The summed E-state index contributed by atoms with van der Waals surface area (Å²) in [6.45, 7) is 4.87. The van der Waals surface area contributed by atoms with Gasteiger partial charge in [-0.3, -0.25) is 4.79 Å². The number of amides is 1. The van der Waals surface area contributed by atoms with Gasteiger partial charge >= 0.3 is 0 Å². The molecule has 1 aliphatic rings. The van der Waals surface area contributed by atoms with E-state index in [0.29, 0.717) is 6.42 Å². The number of hydrogen-bond acceptors (Lipinski definition) is 4. The molecule has 0 unspecified atom stereocenters. The number of likely N-dealkylation sites (tertiary alicyclic amines) is 1. The molecule has 1 fully saturated rings. The molecule has 0 N–H and O–H groups in total. The van der Waals surface area contributed by atoms with Crippen LogP contribution in [0.5, 0.6) is 11.5 Å². The highest BCUT2D eigenvalue weighted by atomic mass is 16.5. The van der Waals surface area contributed by atoms with Crippen LogP contribution in [0.1, 0.15) is 31.7 Å². The molecule has 0 aromatic heterocycles. The molecule has 0 radical (unpaired) electrons. The standard InChI is InChI=1S/C24H32N2O3/c1-4-24(27)26(19-9-6-5-7-10-19)20-13-16-25(17-14-20)18-15-21-22(28-2)11-8-12-23(21)29-3/h5-12,20H,4,13-18H2,1-3H3. The molecule has 2 aromatic rings. The van der Waals surface area contributed by atoms with Crippen LogP contribution in [0.3, 0.4) is 0 Å². The Kier molecular flexibility index (Phi) is 7.53. The van der Waals surface area contributed by atoms with Gasteiger partial charge in [0.1, 0.15) is 11.5 Å². The zero-order chi connectivity index (χ0) is 20.6. The molecule has 1 amide bonds. The van der Waals surface area contributed by atoms with Crippen molar-refractivity contribution in [3.8, 4) is 11.5 Å². The van der Waals surface area contributed by atoms with Crippen LogP contribution in [0.4, 0.5) is 5.69 Å². The van der Waals surface area contributed by atoms with E-state index in [1.807, 2.05) is 60.4 Å². The van der Waals surface area contributed by atoms with Gasteiger partial charge in [-0.05, 0) is 43.5 Å². The van der Waals surface area contributed by atoms with Gasteiger partial charge in [-0.2, -0.15) is 0 Å². The van der Waals surface area contributed by atoms with Crippen molar-refractivity contribution < 1.29 is 14.3 Å². The van der Waals surface area contributed by atoms with Gasteiger partial charge < -0.3 is 19.3 Å². The fourth-order valence-corrected chi connectivity index (χ4v) is 4.16. The highest BCUT2D eigenvalue weighted by molar-refractivity contribution is 5.93. The van der Waals surface area contributed by atoms with Crippen LogP contribution in [-0.2, 0) is 11.2 Å². The van der Waals surface area contributed by atoms with E-state index in [2.05, 4.69) is 4.90 Å². The molecular weight excluding hydrogens is 364 g/mol. The molecule has 1 saturated heterocycles. The van der Waals surface area contributed by atoms with E-state index < -0.39 is 0 Å². The first-order chi connectivity index (χ1) is 14.2. The summed E-state index contributed by atoms with van der Waals surface area (Å²) in [5.74, 6) is 1.96. The molecule has 0 aliphatic carbocycles. The second-order valence-electron chi connectivity index (χ2n) is 7.42. The monoisotopic (exact) mass is 396 g/mol. The molecule has 1 heterocycles. The number of hydrogen-bond donors (Lipinski definition) is 0. The summed E-state index contributed by atoms with van der Waals surface area (Å²) in [6.07, 6.45) is 3.39. The minimum Gasteiger partial charge on any atom is -0.496 e. The number of anilines is 1. The molecule has 5 heteroatoms. The van der Waals surface area contributed by atoms with E-state index in [1.54, 1.807) is 14.2 Å². The number of carbonyl (C=O) groups excluding carboxylic acids is 1. The van der Waals surface area contributed by atoms with Crippen molar-refractivity contribution in [2.24, 2.45) is 0 Å². The van der Waals surface area contributed by atoms with Crippen molar-refractivity contribution >= 4 is 11.6 Å². The van der Waals surface area contributed by atoms with Crippen LogP contribution in [0.2, 0.25) is 0 Å². The topological polar surface area (TPSA) is 42.0 Å². The lowest BCUT2D eigenvalue weighted by atomic mass is 10.0. The third-order valence-corrected chi connectivity index (χ3v) is 5.74. The number of rotatable bonds is 8. The molecule has 2 aromatic carbocycles. The van der Waals surface area contributed by atoms with Gasteiger partial charge in [0.2, 0.25) is 5.91 Å². The number of ether oxygens (including phenoxy) is 2. The Morgan fingerprint density at radius 3 is 2.17 bits per heavy atom. The number of methoxy groups -OCH3 is 2. The third-order valence-electron chi connectivity index (χ3n) is 5.74. The molecule has 1 aliphatic heterocycles. The number of benzene rings is 2. The van der Waals surface area contributed by atoms with Gasteiger partial charge in [0.25, 0.3) is 0 Å². The van der Waals surface area contributed by atoms with E-state index in [9.17, 15) is 4.79 Å². The normalized spacial score (nSPS) is 15.1. The van der Waals surface area contributed by atoms with Crippen molar-refractivity contribution in [2.75, 3.05) is 38.8 Å². The average molecular weight is 397 g/mol. The van der Waals surface area contributed by atoms with Gasteiger partial charge in [-0.25, -0.2) is 0 Å². The van der Waals surface area contributed by atoms with Gasteiger partial charge in [0.05, 0.1) is 14.2 Å². The van der Waals surface area contributed by atoms with Gasteiger partial charge in [0, 0.05) is 43.3 Å². The van der Waals surface area contributed by atoms with Crippen LogP contribution in [0.25, 0.3) is 0 Å². The first kappa shape index (κ1) is 21.2. The summed E-state index contributed by atoms with van der Waals surface area (Å²) in [5.41, 5.74) is 2.13. The quantitative estimate of drug-likeness (QED) is 0.672. The minimum atomic E-state index is 0.202. The van der Waals surface area contributed by atoms with E-state index in [4.69, 9.17) is 9.47 Å². The van der Waals surface area contributed by atoms with E-state index in [-0.39, 0.29) is 11.9 Å². The molecule has 0 bridgehead atoms. The van der Waals surface area contributed by atoms with Crippen molar-refractivity contribution in [2.45, 2.75) is 38.6 Å². The van der Waals surface area contributed by atoms with Crippen LogP contribution in [0.15, 0.2) is 48.5 Å². The number of nitrogens with zero attached hydrogens (tertiary/aromatic N) is 2. The number of carbonyl (C=O) groups is 1. The number of para-hydroxylation sites is 1. The molecule has 29 heavy (non-hydrogen) atoms. The fourth-order valence-electron chi connectivity index (χ4n) is 4.16. The smallest absolute Gasteiger partial charge is 0.226 e. The second-order valence-corrected chi connectivity index (χ2v) is 7.42. The second kappa shape index (κ2) is 10.3. The molecule has 0 spiro atoms. The third kappa shape index (κ3) is 5.10. The van der Waals surface area contributed by atoms with Crippen molar-refractivity contribution in [1.82, 2.24) is 4.90 Å².